The van der Waals surface area contributed by atoms with Gasteiger partial charge in [-0.1, -0.05) is 0 Å². The van der Waals surface area contributed by atoms with Crippen molar-refractivity contribution in [2.45, 2.75) is 0 Å². The van der Waals surface area contributed by atoms with Crippen LogP contribution in [0, 0.1) is 23.1 Å². The van der Waals surface area contributed by atoms with Crippen molar-refractivity contribution in [3.8, 4) is 0 Å². The molecule has 0 bridgehead atoms. The molecular weight excluding hydrogens is 218 g/mol. The van der Waals surface area contributed by atoms with Crippen LogP contribution in [0.2, 0.25) is 0 Å². The van der Waals surface area contributed by atoms with E-state index in [0.717, 1.165) is 11.4 Å². The molecule has 0 aromatic rings. The molecule has 0 N–H and O–H groups in total. The molecule has 0 aliphatic carbocycles. The Balaban J connectivity index is 2.03. The van der Waals surface area contributed by atoms with E-state index in [9.17, 15) is 14.9 Å². The van der Waals surface area contributed by atoms with Gasteiger partial charge in [-0.05, 0) is 5.11 Å². The van der Waals surface area contributed by atoms with E-state index >= 15 is 0 Å². The summed E-state index contributed by atoms with van der Waals surface area (Å²) in [5.41, 5.74) is 0. The first-order valence-electron chi connectivity index (χ1n) is 4.22. The Morgan fingerprint density at radius 2 is 2.56 bits per heavy atom. The first kappa shape index (κ1) is 10.2. The van der Waals surface area contributed by atoms with Crippen LogP contribution in [0.4, 0.5) is 0 Å². The van der Waals surface area contributed by atoms with Crippen molar-refractivity contribution in [3.63, 3.8) is 0 Å². The van der Waals surface area contributed by atoms with Crippen LogP contribution < -0.4 is 0 Å². The first-order chi connectivity index (χ1) is 7.66. The Labute approximate surface area is 89.6 Å². The molecule has 84 valence electrons. The van der Waals surface area contributed by atoms with Crippen molar-refractivity contribution >= 4 is 5.91 Å². The second-order valence-corrected chi connectivity index (χ2v) is 2.83. The van der Waals surface area contributed by atoms with E-state index in [4.69, 9.17) is 9.47 Å². The van der Waals surface area contributed by atoms with Crippen LogP contribution in [0.5, 0.6) is 0 Å². The van der Waals surface area contributed by atoms with Crippen LogP contribution in [0.15, 0.2) is 29.2 Å². The van der Waals surface area contributed by atoms with Gasteiger partial charge in [0.1, 0.15) is 6.20 Å². The number of azo groups is 2. The van der Waals surface area contributed by atoms with Gasteiger partial charge in [-0.3, -0.25) is 10.1 Å². The summed E-state index contributed by atoms with van der Waals surface area (Å²) in [6.45, 7) is 1.09. The van der Waals surface area contributed by atoms with E-state index in [1.54, 1.807) is 0 Å². The van der Waals surface area contributed by atoms with Gasteiger partial charge in [-0.2, -0.15) is 10.8 Å². The highest BCUT2D eigenvalue weighted by molar-refractivity contribution is 5.69. The van der Waals surface area contributed by atoms with Gasteiger partial charge in [0.05, 0.1) is 12.4 Å². The number of carbonyl (C=O) groups is 1. The molecule has 0 saturated carbocycles. The monoisotopic (exact) mass is 224 g/mol. The third-order valence-electron chi connectivity index (χ3n) is 1.74. The Morgan fingerprint density at radius 3 is 3.12 bits per heavy atom. The summed E-state index contributed by atoms with van der Waals surface area (Å²) in [5, 5.41) is 14.0. The highest BCUT2D eigenvalue weighted by Gasteiger charge is 2.18. The molecule has 1 amide bonds. The van der Waals surface area contributed by atoms with Gasteiger partial charge in [-0.25, -0.2) is 0 Å². The zero-order chi connectivity index (χ0) is 11.5. The van der Waals surface area contributed by atoms with E-state index in [1.165, 1.54) is 18.4 Å². The molecule has 8 nitrogen and oxygen atoms in total. The quantitative estimate of drug-likeness (QED) is 0.291. The topological polar surface area (TPSA) is 94.0 Å². The Morgan fingerprint density at radius 1 is 1.75 bits per heavy atom. The van der Waals surface area contributed by atoms with E-state index in [0.29, 0.717) is 0 Å². The van der Waals surface area contributed by atoms with Gasteiger partial charge < -0.3 is 14.3 Å². The first-order valence-corrected chi connectivity index (χ1v) is 4.22. The van der Waals surface area contributed by atoms with Crippen molar-refractivity contribution in [2.75, 3.05) is 6.61 Å². The summed E-state index contributed by atoms with van der Waals surface area (Å²) in [6.07, 6.45) is 3.39. The third kappa shape index (κ3) is 2.01. The maximum atomic E-state index is 11.0. The van der Waals surface area contributed by atoms with Gasteiger partial charge in [0, 0.05) is 4.92 Å². The fraction of sp³-hybridized carbons (Fsp3) is 0.125. The minimum Gasteiger partial charge on any atom is -0.504 e. The second-order valence-electron chi connectivity index (χ2n) is 2.83. The lowest BCUT2D eigenvalue weighted by Gasteiger charge is -2.07. The molecule has 0 aromatic carbocycles. The summed E-state index contributed by atoms with van der Waals surface area (Å²) in [6, 6.07) is 0. The molecule has 1 saturated heterocycles. The van der Waals surface area contributed by atoms with E-state index in [1.807, 2.05) is 0 Å². The number of nitrogens with zero attached hydrogens (tertiary/aromatic N) is 3. The molecule has 2 aliphatic heterocycles. The lowest BCUT2D eigenvalue weighted by Crippen LogP contribution is -2.09. The third-order valence-corrected chi connectivity index (χ3v) is 1.74. The average Bonchev–Trinajstić information content (AvgIpc) is 2.83. The summed E-state index contributed by atoms with van der Waals surface area (Å²) < 4.78 is 10.5. The van der Waals surface area contributed by atoms with Gasteiger partial charge in [-0.15, -0.1) is 6.08 Å². The second kappa shape index (κ2) is 4.03. The number of carbonyl (C=O) groups excluding carboxylic acids is 1. The van der Waals surface area contributed by atoms with Crippen LogP contribution in [-0.4, -0.2) is 22.1 Å². The molecule has 2 rings (SSSR count). The van der Waals surface area contributed by atoms with Crippen molar-refractivity contribution < 1.29 is 23.9 Å². The van der Waals surface area contributed by atoms with Gasteiger partial charge in [0.15, 0.2) is 6.73 Å². The molecule has 8 heteroatoms. The van der Waals surface area contributed by atoms with E-state index in [-0.39, 0.29) is 24.5 Å². The number of hydrogen-bond donors (Lipinski definition) is 0. The van der Waals surface area contributed by atoms with E-state index < -0.39 is 4.92 Å². The molecule has 0 unspecified atom stereocenters. The highest BCUT2D eigenvalue weighted by Crippen LogP contribution is 2.21. The predicted octanol–water partition coefficient (Wildman–Crippen LogP) is 0.321. The zero-order valence-electron chi connectivity index (χ0n) is 7.90. The van der Waals surface area contributed by atoms with Gasteiger partial charge in [0.2, 0.25) is 0 Å². The molecule has 0 spiro atoms. The largest absolute Gasteiger partial charge is 0.504 e. The van der Waals surface area contributed by atoms with Crippen LogP contribution in [-0.2, 0) is 14.3 Å². The summed E-state index contributed by atoms with van der Waals surface area (Å²) in [4.78, 5) is 20.7. The molecule has 1 fully saturated rings. The van der Waals surface area contributed by atoms with Crippen LogP contribution in [0.3, 0.4) is 0 Å². The Bertz CT molecular complexity index is 425. The Hall–Kier alpha value is -2.35. The van der Waals surface area contributed by atoms with Crippen molar-refractivity contribution in [2.24, 2.45) is 5.11 Å². The number of ether oxygens (including phenoxy) is 2. The number of rotatable bonds is 2. The van der Waals surface area contributed by atoms with E-state index in [2.05, 4.69) is 5.11 Å². The minimum atomic E-state index is -0.659. The maximum Gasteiger partial charge on any atom is 0.291 e. The molecule has 2 heterocycles. The minimum absolute atomic E-state index is 0.0599. The predicted molar refractivity (Wildman–Crippen MR) is 46.5 cm³/mol. The molecule has 16 heavy (non-hydrogen) atoms. The molecule has 0 radical (unpaired) electrons. The number of nitro groups is 1. The standard InChI is InChI=1S/C8H6N3O5/c12-7-4-15-5-10(7)9-3-6-1-2-8(16-6)11(13)14/h1-3,5H,4H2/q-1. The summed E-state index contributed by atoms with van der Waals surface area (Å²) in [7, 11) is 0. The molecule has 0 aromatic heterocycles. The number of hydrogen-bond acceptors (Lipinski definition) is 6. The Kier molecular flexibility index (Phi) is 2.56. The van der Waals surface area contributed by atoms with Crippen LogP contribution in [0.25, 0.3) is 0 Å². The molecular formula is C8H6N3O5-. The van der Waals surface area contributed by atoms with Crippen molar-refractivity contribution in [1.82, 2.24) is 0 Å². The highest BCUT2D eigenvalue weighted by atomic mass is 16.7. The molecule has 2 aliphatic rings. The molecule has 0 atom stereocenters. The number of amides is 1. The SMILES string of the molecule is O=C1CO[CH-][N+]1=NC=C1C=C[C-]([N+](=O)[O-])O1. The fourth-order valence-electron chi connectivity index (χ4n) is 1.02. The van der Waals surface area contributed by atoms with Gasteiger partial charge in [0.25, 0.3) is 12.1 Å². The maximum absolute atomic E-state index is 11.0. The van der Waals surface area contributed by atoms with Crippen LogP contribution >= 0.6 is 0 Å². The lowest BCUT2D eigenvalue weighted by atomic mass is 10.5. The normalized spacial score (nSPS) is 24.0. The van der Waals surface area contributed by atoms with Gasteiger partial charge >= 0.3 is 0 Å². The summed E-state index contributed by atoms with van der Waals surface area (Å²) >= 11 is 0. The lowest BCUT2D eigenvalue weighted by molar-refractivity contribution is -0.494. The van der Waals surface area contributed by atoms with Crippen molar-refractivity contribution in [3.05, 3.63) is 47.2 Å². The summed E-state index contributed by atoms with van der Waals surface area (Å²) in [5.74, 6) is -0.142. The zero-order valence-corrected chi connectivity index (χ0v) is 7.90. The number of allylic oxidation sites excluding steroid dienone is 1. The van der Waals surface area contributed by atoms with Crippen molar-refractivity contribution in [1.29, 1.82) is 0 Å². The smallest absolute Gasteiger partial charge is 0.291 e. The van der Waals surface area contributed by atoms with Crippen LogP contribution in [0.1, 0.15) is 0 Å². The fourth-order valence-corrected chi connectivity index (χ4v) is 1.02. The average molecular weight is 224 g/mol.